The standard InChI is InChI=1S/C21H20O11/c22-7-15-16(26)18(28)19(29)21(32-15)31-13-4-2-9-11(24)6-14(30-20(9)17(13)27)8-1-3-10(23)12(25)5-8/h1-6,15-16,18-19,21-23,25-29H,7H2/t15-,16+,18+,19-,21-/m0/s1. The third-order valence-corrected chi connectivity index (χ3v) is 5.19. The van der Waals surface area contributed by atoms with Gasteiger partial charge < -0.3 is 49.6 Å². The van der Waals surface area contributed by atoms with Crippen LogP contribution in [-0.4, -0.2) is 73.1 Å². The number of phenols is 3. The molecule has 0 radical (unpaired) electrons. The normalized spacial score (nSPS) is 25.7. The van der Waals surface area contributed by atoms with Crippen molar-refractivity contribution in [2.45, 2.75) is 30.7 Å². The Morgan fingerprint density at radius 3 is 2.34 bits per heavy atom. The molecule has 0 bridgehead atoms. The molecule has 0 amide bonds. The van der Waals surface area contributed by atoms with Gasteiger partial charge in [0.05, 0.1) is 12.0 Å². The Morgan fingerprint density at radius 1 is 0.906 bits per heavy atom. The van der Waals surface area contributed by atoms with Crippen LogP contribution in [0.1, 0.15) is 0 Å². The van der Waals surface area contributed by atoms with Crippen molar-refractivity contribution in [3.8, 4) is 34.3 Å². The molecule has 1 fully saturated rings. The van der Waals surface area contributed by atoms with E-state index in [0.29, 0.717) is 0 Å². The Bertz CT molecular complexity index is 1200. The van der Waals surface area contributed by atoms with Gasteiger partial charge >= 0.3 is 0 Å². The molecule has 2 heterocycles. The Balaban J connectivity index is 1.73. The lowest BCUT2D eigenvalue weighted by molar-refractivity contribution is -0.277. The van der Waals surface area contributed by atoms with Gasteiger partial charge in [0, 0.05) is 11.6 Å². The molecule has 1 aliphatic heterocycles. The average molecular weight is 448 g/mol. The molecule has 1 aromatic heterocycles. The van der Waals surface area contributed by atoms with E-state index in [2.05, 4.69) is 0 Å². The first-order chi connectivity index (χ1) is 15.2. The van der Waals surface area contributed by atoms with Crippen LogP contribution in [0.25, 0.3) is 22.3 Å². The lowest BCUT2D eigenvalue weighted by atomic mass is 9.99. The second-order valence-corrected chi connectivity index (χ2v) is 7.28. The molecule has 11 nitrogen and oxygen atoms in total. The molecule has 11 heteroatoms. The number of hydrogen-bond acceptors (Lipinski definition) is 11. The van der Waals surface area contributed by atoms with E-state index in [4.69, 9.17) is 13.9 Å². The number of fused-ring (bicyclic) bond motifs is 1. The molecule has 0 spiro atoms. The average Bonchev–Trinajstić information content (AvgIpc) is 2.77. The lowest BCUT2D eigenvalue weighted by Crippen LogP contribution is -2.60. The maximum absolute atomic E-state index is 12.5. The smallest absolute Gasteiger partial charge is 0.229 e. The van der Waals surface area contributed by atoms with Gasteiger partial charge in [0.1, 0.15) is 30.2 Å². The summed E-state index contributed by atoms with van der Waals surface area (Å²) in [5.41, 5.74) is -0.524. The monoisotopic (exact) mass is 448 g/mol. The Hall–Kier alpha value is -3.35. The van der Waals surface area contributed by atoms with Crippen LogP contribution >= 0.6 is 0 Å². The second kappa shape index (κ2) is 8.30. The molecule has 7 N–H and O–H groups in total. The number of benzene rings is 2. The van der Waals surface area contributed by atoms with Crippen LogP contribution in [-0.2, 0) is 4.74 Å². The highest BCUT2D eigenvalue weighted by Gasteiger charge is 2.45. The van der Waals surface area contributed by atoms with Crippen molar-refractivity contribution < 1.29 is 49.6 Å². The number of aromatic hydroxyl groups is 3. The molecule has 0 saturated carbocycles. The maximum atomic E-state index is 12.5. The summed E-state index contributed by atoms with van der Waals surface area (Å²) in [6.07, 6.45) is -7.74. The minimum Gasteiger partial charge on any atom is -0.504 e. The fourth-order valence-electron chi connectivity index (χ4n) is 3.39. The van der Waals surface area contributed by atoms with Gasteiger partial charge in [-0.2, -0.15) is 0 Å². The molecule has 1 aliphatic rings. The number of hydrogen-bond donors (Lipinski definition) is 7. The van der Waals surface area contributed by atoms with Gasteiger partial charge in [0.25, 0.3) is 0 Å². The van der Waals surface area contributed by atoms with Gasteiger partial charge in [-0.25, -0.2) is 0 Å². The molecule has 170 valence electrons. The maximum Gasteiger partial charge on any atom is 0.229 e. The van der Waals surface area contributed by atoms with Crippen LogP contribution < -0.4 is 10.2 Å². The first-order valence-electron chi connectivity index (χ1n) is 9.50. The van der Waals surface area contributed by atoms with Crippen molar-refractivity contribution in [3.63, 3.8) is 0 Å². The van der Waals surface area contributed by atoms with Crippen LogP contribution in [0, 0.1) is 0 Å². The van der Waals surface area contributed by atoms with Crippen molar-refractivity contribution in [2.75, 3.05) is 6.61 Å². The zero-order valence-electron chi connectivity index (χ0n) is 16.3. The number of ether oxygens (including phenoxy) is 2. The summed E-state index contributed by atoms with van der Waals surface area (Å²) in [5.74, 6) is -1.70. The van der Waals surface area contributed by atoms with Crippen molar-refractivity contribution >= 4 is 11.0 Å². The highest BCUT2D eigenvalue weighted by Crippen LogP contribution is 2.38. The van der Waals surface area contributed by atoms with E-state index in [0.717, 1.165) is 6.07 Å². The SMILES string of the molecule is O=c1cc(-c2ccc(O)c(O)c2)oc2c(O)c(O[C@H]3O[C@@H](CO)[C@@H](O)[C@@H](O)[C@@H]3O)ccc12. The molecular formula is C21H20O11. The highest BCUT2D eigenvalue weighted by molar-refractivity contribution is 5.86. The molecular weight excluding hydrogens is 428 g/mol. The minimum atomic E-state index is -1.71. The quantitative estimate of drug-likeness (QED) is 0.261. The Labute approximate surface area is 179 Å². The van der Waals surface area contributed by atoms with Crippen LogP contribution in [0.4, 0.5) is 0 Å². The number of aliphatic hydroxyl groups excluding tert-OH is 4. The van der Waals surface area contributed by atoms with E-state index in [1.165, 1.54) is 30.3 Å². The van der Waals surface area contributed by atoms with Crippen LogP contribution in [0.3, 0.4) is 0 Å². The van der Waals surface area contributed by atoms with Crippen LogP contribution in [0.5, 0.6) is 23.0 Å². The summed E-state index contributed by atoms with van der Waals surface area (Å²) in [6, 6.07) is 7.44. The largest absolute Gasteiger partial charge is 0.504 e. The number of phenolic OH excluding ortho intramolecular Hbond substituents is 3. The molecule has 0 unspecified atom stereocenters. The van der Waals surface area contributed by atoms with Gasteiger partial charge in [-0.05, 0) is 30.3 Å². The minimum absolute atomic E-state index is 0.00963. The zero-order chi connectivity index (χ0) is 23.2. The van der Waals surface area contributed by atoms with Crippen molar-refractivity contribution in [2.24, 2.45) is 0 Å². The van der Waals surface area contributed by atoms with Crippen LogP contribution in [0.2, 0.25) is 0 Å². The molecule has 32 heavy (non-hydrogen) atoms. The topological polar surface area (TPSA) is 190 Å². The Morgan fingerprint density at radius 2 is 1.66 bits per heavy atom. The number of aliphatic hydroxyl groups is 4. The first-order valence-corrected chi connectivity index (χ1v) is 9.50. The van der Waals surface area contributed by atoms with Crippen molar-refractivity contribution in [3.05, 3.63) is 46.6 Å². The van der Waals surface area contributed by atoms with Gasteiger partial charge in [-0.15, -0.1) is 0 Å². The molecule has 3 aromatic rings. The summed E-state index contributed by atoms with van der Waals surface area (Å²) in [6.45, 7) is -0.660. The van der Waals surface area contributed by atoms with Crippen molar-refractivity contribution in [1.82, 2.24) is 0 Å². The van der Waals surface area contributed by atoms with E-state index in [9.17, 15) is 40.5 Å². The number of rotatable bonds is 4. The fourth-order valence-corrected chi connectivity index (χ4v) is 3.39. The van der Waals surface area contributed by atoms with E-state index < -0.39 is 54.2 Å². The summed E-state index contributed by atoms with van der Waals surface area (Å²) in [7, 11) is 0. The second-order valence-electron chi connectivity index (χ2n) is 7.28. The zero-order valence-corrected chi connectivity index (χ0v) is 16.3. The van der Waals surface area contributed by atoms with Gasteiger partial charge in [-0.3, -0.25) is 4.79 Å². The van der Waals surface area contributed by atoms with Crippen LogP contribution in [0.15, 0.2) is 45.6 Å². The third-order valence-electron chi connectivity index (χ3n) is 5.19. The molecule has 4 rings (SSSR count). The fraction of sp³-hybridized carbons (Fsp3) is 0.286. The lowest BCUT2D eigenvalue weighted by Gasteiger charge is -2.39. The predicted octanol–water partition coefficient (Wildman–Crippen LogP) is -0.245. The Kier molecular flexibility index (Phi) is 5.67. The van der Waals surface area contributed by atoms with Gasteiger partial charge in [-0.1, -0.05) is 0 Å². The van der Waals surface area contributed by atoms with Gasteiger partial charge in [0.2, 0.25) is 12.0 Å². The molecule has 1 saturated heterocycles. The van der Waals surface area contributed by atoms with E-state index >= 15 is 0 Å². The summed E-state index contributed by atoms with van der Waals surface area (Å²) in [5, 5.41) is 69.0. The molecule has 2 aromatic carbocycles. The van der Waals surface area contributed by atoms with E-state index in [1.54, 1.807) is 0 Å². The summed E-state index contributed by atoms with van der Waals surface area (Å²) in [4.78, 5) is 12.5. The van der Waals surface area contributed by atoms with Gasteiger partial charge in [0.15, 0.2) is 28.3 Å². The van der Waals surface area contributed by atoms with Crippen molar-refractivity contribution in [1.29, 1.82) is 0 Å². The molecule has 5 atom stereocenters. The molecule has 0 aliphatic carbocycles. The van der Waals surface area contributed by atoms with E-state index in [-0.39, 0.29) is 33.8 Å². The summed E-state index contributed by atoms with van der Waals surface area (Å²) >= 11 is 0. The predicted molar refractivity (Wildman–Crippen MR) is 107 cm³/mol. The summed E-state index contributed by atoms with van der Waals surface area (Å²) < 4.78 is 16.3. The highest BCUT2D eigenvalue weighted by atomic mass is 16.7. The third kappa shape index (κ3) is 3.72. The van der Waals surface area contributed by atoms with E-state index in [1.807, 2.05) is 0 Å². The first kappa shape index (κ1) is 21.9.